The van der Waals surface area contributed by atoms with Gasteiger partial charge in [-0.1, -0.05) is 31.2 Å². The molecule has 0 unspecified atom stereocenters. The molecule has 1 aromatic carbocycles. The molecule has 1 aromatic rings. The van der Waals surface area contributed by atoms with Gasteiger partial charge < -0.3 is 0 Å². The standard InChI is InChI=1S/C9H9F2/c1-2-7-5-3-4-6-8(7)9(10)11/h3-6H,2H2,1H3. The normalized spacial score (nSPS) is 10.5. The van der Waals surface area contributed by atoms with Crippen molar-refractivity contribution in [3.63, 3.8) is 0 Å². The van der Waals surface area contributed by atoms with E-state index in [1.807, 2.05) is 6.92 Å². The van der Waals surface area contributed by atoms with Crippen molar-refractivity contribution >= 4 is 0 Å². The predicted molar refractivity (Wildman–Crippen MR) is 40.4 cm³/mol. The van der Waals surface area contributed by atoms with Gasteiger partial charge in [0, 0.05) is 5.56 Å². The fourth-order valence-electron chi connectivity index (χ4n) is 1.01. The lowest BCUT2D eigenvalue weighted by Crippen LogP contribution is -1.91. The minimum absolute atomic E-state index is 0.0787. The van der Waals surface area contributed by atoms with Crippen LogP contribution in [0.2, 0.25) is 0 Å². The van der Waals surface area contributed by atoms with E-state index in [0.717, 1.165) is 0 Å². The molecule has 0 heterocycles. The van der Waals surface area contributed by atoms with Crippen molar-refractivity contribution in [3.05, 3.63) is 41.8 Å². The molecule has 0 N–H and O–H groups in total. The molecule has 0 saturated heterocycles. The predicted octanol–water partition coefficient (Wildman–Crippen LogP) is 3.03. The number of rotatable bonds is 2. The van der Waals surface area contributed by atoms with Gasteiger partial charge in [0.05, 0.1) is 0 Å². The fraction of sp³-hybridized carbons (Fsp3) is 0.222. The number of benzene rings is 1. The van der Waals surface area contributed by atoms with Crippen LogP contribution in [0.5, 0.6) is 0 Å². The van der Waals surface area contributed by atoms with Gasteiger partial charge in [-0.3, -0.25) is 0 Å². The molecule has 0 aliphatic carbocycles. The third kappa shape index (κ3) is 1.76. The van der Waals surface area contributed by atoms with Crippen molar-refractivity contribution in [3.8, 4) is 0 Å². The third-order valence-electron chi connectivity index (χ3n) is 1.60. The third-order valence-corrected chi connectivity index (χ3v) is 1.60. The molecule has 1 rings (SSSR count). The molecule has 0 bridgehead atoms. The summed E-state index contributed by atoms with van der Waals surface area (Å²) in [6, 6.07) is 6.54. The Kier molecular flexibility index (Phi) is 2.58. The van der Waals surface area contributed by atoms with Gasteiger partial charge in [0.15, 0.2) is 0 Å². The van der Waals surface area contributed by atoms with Gasteiger partial charge in [0.2, 0.25) is 0 Å². The summed E-state index contributed by atoms with van der Waals surface area (Å²) < 4.78 is 24.3. The number of aryl methyl sites for hydroxylation is 1. The monoisotopic (exact) mass is 155 g/mol. The van der Waals surface area contributed by atoms with Gasteiger partial charge in [0.25, 0.3) is 0 Å². The van der Waals surface area contributed by atoms with E-state index in [1.165, 1.54) is 6.07 Å². The molecular formula is C9H9F2. The van der Waals surface area contributed by atoms with Crippen LogP contribution in [0, 0.1) is 6.43 Å². The molecule has 0 aromatic heterocycles. The zero-order valence-corrected chi connectivity index (χ0v) is 6.27. The summed E-state index contributed by atoms with van der Waals surface area (Å²) in [5.41, 5.74) is 0.780. The van der Waals surface area contributed by atoms with Crippen LogP contribution in [-0.4, -0.2) is 0 Å². The summed E-state index contributed by atoms with van der Waals surface area (Å²) in [6.07, 6.45) is -0.949. The Morgan fingerprint density at radius 3 is 2.36 bits per heavy atom. The molecule has 0 aliphatic rings. The van der Waals surface area contributed by atoms with Gasteiger partial charge in [-0.2, -0.15) is 8.78 Å². The summed E-state index contributed by atoms with van der Waals surface area (Å²) >= 11 is 0. The van der Waals surface area contributed by atoms with Crippen LogP contribution in [0.4, 0.5) is 8.78 Å². The van der Waals surface area contributed by atoms with Crippen LogP contribution in [0.25, 0.3) is 0 Å². The maximum absolute atomic E-state index is 12.1. The first-order valence-electron chi connectivity index (χ1n) is 3.52. The Morgan fingerprint density at radius 1 is 1.27 bits per heavy atom. The Morgan fingerprint density at radius 2 is 1.91 bits per heavy atom. The Bertz CT molecular complexity index is 231. The lowest BCUT2D eigenvalue weighted by atomic mass is 10.1. The number of hydrogen-bond donors (Lipinski definition) is 0. The summed E-state index contributed by atoms with van der Waals surface area (Å²) in [4.78, 5) is 0. The minimum atomic E-state index is -1.59. The van der Waals surface area contributed by atoms with E-state index < -0.39 is 6.43 Å². The molecule has 0 spiro atoms. The maximum atomic E-state index is 12.1. The van der Waals surface area contributed by atoms with Gasteiger partial charge in [-0.05, 0) is 12.0 Å². The lowest BCUT2D eigenvalue weighted by molar-refractivity contribution is 0.323. The molecule has 0 amide bonds. The van der Waals surface area contributed by atoms with E-state index in [9.17, 15) is 8.78 Å². The highest BCUT2D eigenvalue weighted by atomic mass is 19.3. The highest BCUT2D eigenvalue weighted by Gasteiger charge is 2.12. The van der Waals surface area contributed by atoms with E-state index in [4.69, 9.17) is 0 Å². The van der Waals surface area contributed by atoms with Gasteiger partial charge >= 0.3 is 6.43 Å². The van der Waals surface area contributed by atoms with Crippen molar-refractivity contribution in [2.75, 3.05) is 0 Å². The Hall–Kier alpha value is -0.920. The van der Waals surface area contributed by atoms with Crippen LogP contribution in [0.1, 0.15) is 18.1 Å². The first-order valence-corrected chi connectivity index (χ1v) is 3.52. The van der Waals surface area contributed by atoms with Crippen molar-refractivity contribution in [1.82, 2.24) is 0 Å². The van der Waals surface area contributed by atoms with Crippen LogP contribution in [-0.2, 0) is 6.42 Å². The summed E-state index contributed by atoms with van der Waals surface area (Å²) in [5, 5.41) is 0. The minimum Gasteiger partial charge on any atom is -0.194 e. The van der Waals surface area contributed by atoms with E-state index in [1.54, 1.807) is 18.2 Å². The molecule has 0 fully saturated rings. The molecule has 11 heavy (non-hydrogen) atoms. The maximum Gasteiger partial charge on any atom is 0.340 e. The molecular weight excluding hydrogens is 146 g/mol. The molecule has 2 heteroatoms. The average molecular weight is 155 g/mol. The first kappa shape index (κ1) is 8.18. The number of hydrogen-bond acceptors (Lipinski definition) is 0. The topological polar surface area (TPSA) is 0 Å². The second kappa shape index (κ2) is 3.46. The fourth-order valence-corrected chi connectivity index (χ4v) is 1.01. The average Bonchev–Trinajstić information content (AvgIpc) is 2.04. The zero-order chi connectivity index (χ0) is 8.27. The van der Waals surface area contributed by atoms with Crippen LogP contribution in [0.15, 0.2) is 24.3 Å². The summed E-state index contributed by atoms with van der Waals surface area (Å²) in [5.74, 6) is 0. The quantitative estimate of drug-likeness (QED) is 0.615. The van der Waals surface area contributed by atoms with Crippen LogP contribution in [0.3, 0.4) is 0 Å². The number of halogens is 2. The largest absolute Gasteiger partial charge is 0.340 e. The van der Waals surface area contributed by atoms with Crippen LogP contribution >= 0.6 is 0 Å². The van der Waals surface area contributed by atoms with E-state index >= 15 is 0 Å². The summed E-state index contributed by atoms with van der Waals surface area (Å²) in [6.45, 7) is 1.86. The van der Waals surface area contributed by atoms with Gasteiger partial charge in [-0.25, -0.2) is 0 Å². The van der Waals surface area contributed by atoms with Gasteiger partial charge in [-0.15, -0.1) is 0 Å². The van der Waals surface area contributed by atoms with Crippen molar-refractivity contribution in [1.29, 1.82) is 0 Å². The van der Waals surface area contributed by atoms with E-state index in [-0.39, 0.29) is 5.56 Å². The second-order valence-corrected chi connectivity index (χ2v) is 2.27. The van der Waals surface area contributed by atoms with Gasteiger partial charge in [0.1, 0.15) is 0 Å². The molecule has 0 aliphatic heterocycles. The lowest BCUT2D eigenvalue weighted by Gasteiger charge is -2.03. The van der Waals surface area contributed by atoms with E-state index in [2.05, 4.69) is 0 Å². The first-order chi connectivity index (χ1) is 5.25. The van der Waals surface area contributed by atoms with Crippen molar-refractivity contribution < 1.29 is 8.78 Å². The van der Waals surface area contributed by atoms with Crippen molar-refractivity contribution in [2.24, 2.45) is 0 Å². The molecule has 0 nitrogen and oxygen atoms in total. The highest BCUT2D eigenvalue weighted by Crippen LogP contribution is 2.21. The van der Waals surface area contributed by atoms with Crippen LogP contribution < -0.4 is 0 Å². The Labute approximate surface area is 64.9 Å². The SMILES string of the molecule is CCc1ccccc1[C](F)F. The second-order valence-electron chi connectivity index (χ2n) is 2.27. The summed E-state index contributed by atoms with van der Waals surface area (Å²) in [7, 11) is 0. The molecule has 0 atom stereocenters. The molecule has 1 radical (unpaired) electrons. The van der Waals surface area contributed by atoms with E-state index in [0.29, 0.717) is 12.0 Å². The Balaban J connectivity index is 3.02. The highest BCUT2D eigenvalue weighted by molar-refractivity contribution is 5.33. The molecule has 59 valence electrons. The van der Waals surface area contributed by atoms with Crippen molar-refractivity contribution in [2.45, 2.75) is 13.3 Å². The smallest absolute Gasteiger partial charge is 0.194 e. The zero-order valence-electron chi connectivity index (χ0n) is 6.27. The molecule has 0 saturated carbocycles.